The van der Waals surface area contributed by atoms with Crippen molar-refractivity contribution >= 4 is 11.6 Å². The average Bonchev–Trinajstić information content (AvgIpc) is 2.47. The highest BCUT2D eigenvalue weighted by molar-refractivity contribution is 5.95. The van der Waals surface area contributed by atoms with E-state index in [-0.39, 0.29) is 11.3 Å². The van der Waals surface area contributed by atoms with Crippen molar-refractivity contribution in [2.24, 2.45) is 5.41 Å². The highest BCUT2D eigenvalue weighted by atomic mass is 16.2. The SMILES string of the molecule is CC1=C(c2cccc(C)c2C)NC(=O)C2(CCNCC2)C1. The normalized spacial score (nSPS) is 21.6. The van der Waals surface area contributed by atoms with E-state index in [0.717, 1.165) is 38.0 Å². The fourth-order valence-corrected chi connectivity index (χ4v) is 3.66. The molecule has 0 aromatic heterocycles. The first-order chi connectivity index (χ1) is 10.0. The fraction of sp³-hybridized carbons (Fsp3) is 0.500. The van der Waals surface area contributed by atoms with Crippen LogP contribution < -0.4 is 10.6 Å². The minimum atomic E-state index is -0.184. The number of rotatable bonds is 1. The summed E-state index contributed by atoms with van der Waals surface area (Å²) >= 11 is 0. The van der Waals surface area contributed by atoms with Gasteiger partial charge in [0.1, 0.15) is 0 Å². The molecule has 0 radical (unpaired) electrons. The summed E-state index contributed by atoms with van der Waals surface area (Å²) in [4.78, 5) is 12.7. The number of aryl methyl sites for hydroxylation is 1. The standard InChI is InChI=1S/C18H24N2O/c1-12-5-4-6-15(14(12)3)16-13(2)11-18(17(21)20-16)7-9-19-10-8-18/h4-6,19H,7-11H2,1-3H3,(H,20,21). The molecule has 0 bridgehead atoms. The Morgan fingerprint density at radius 3 is 2.52 bits per heavy atom. The fourth-order valence-electron chi connectivity index (χ4n) is 3.66. The maximum atomic E-state index is 12.7. The Morgan fingerprint density at radius 2 is 1.81 bits per heavy atom. The van der Waals surface area contributed by atoms with Gasteiger partial charge in [0, 0.05) is 11.3 Å². The number of hydrogen-bond acceptors (Lipinski definition) is 2. The predicted molar refractivity (Wildman–Crippen MR) is 85.8 cm³/mol. The molecule has 3 rings (SSSR count). The largest absolute Gasteiger partial charge is 0.325 e. The van der Waals surface area contributed by atoms with Crippen LogP contribution in [-0.2, 0) is 4.79 Å². The van der Waals surface area contributed by atoms with Gasteiger partial charge in [-0.05, 0) is 69.8 Å². The van der Waals surface area contributed by atoms with E-state index in [2.05, 4.69) is 49.6 Å². The van der Waals surface area contributed by atoms with Gasteiger partial charge in [-0.15, -0.1) is 0 Å². The first-order valence-corrected chi connectivity index (χ1v) is 7.82. The molecule has 2 heterocycles. The molecule has 1 amide bonds. The van der Waals surface area contributed by atoms with Crippen molar-refractivity contribution in [3.8, 4) is 0 Å². The third-order valence-corrected chi connectivity index (χ3v) is 5.19. The Bertz CT molecular complexity index is 610. The number of benzene rings is 1. The van der Waals surface area contributed by atoms with Gasteiger partial charge < -0.3 is 10.6 Å². The van der Waals surface area contributed by atoms with Crippen LogP contribution in [0.15, 0.2) is 23.8 Å². The van der Waals surface area contributed by atoms with Gasteiger partial charge in [-0.3, -0.25) is 4.79 Å². The third kappa shape index (κ3) is 2.40. The van der Waals surface area contributed by atoms with E-state index in [9.17, 15) is 4.79 Å². The lowest BCUT2D eigenvalue weighted by molar-refractivity contribution is -0.131. The lowest BCUT2D eigenvalue weighted by atomic mass is 9.71. The monoisotopic (exact) mass is 284 g/mol. The molecule has 1 spiro atoms. The first-order valence-electron chi connectivity index (χ1n) is 7.82. The summed E-state index contributed by atoms with van der Waals surface area (Å²) in [6.45, 7) is 8.30. The van der Waals surface area contributed by atoms with Crippen molar-refractivity contribution < 1.29 is 4.79 Å². The zero-order valence-corrected chi connectivity index (χ0v) is 13.2. The highest BCUT2D eigenvalue weighted by Crippen LogP contribution is 2.41. The molecule has 0 unspecified atom stereocenters. The van der Waals surface area contributed by atoms with Crippen LogP contribution in [0.5, 0.6) is 0 Å². The van der Waals surface area contributed by atoms with Gasteiger partial charge in [0.05, 0.1) is 5.41 Å². The molecule has 2 aliphatic rings. The van der Waals surface area contributed by atoms with Gasteiger partial charge in [0.25, 0.3) is 0 Å². The zero-order valence-electron chi connectivity index (χ0n) is 13.2. The van der Waals surface area contributed by atoms with Crippen molar-refractivity contribution in [1.29, 1.82) is 0 Å². The Morgan fingerprint density at radius 1 is 1.10 bits per heavy atom. The van der Waals surface area contributed by atoms with Gasteiger partial charge in [-0.1, -0.05) is 18.2 Å². The van der Waals surface area contributed by atoms with Crippen molar-refractivity contribution in [3.63, 3.8) is 0 Å². The molecule has 2 N–H and O–H groups in total. The number of carbonyl (C=O) groups excluding carboxylic acids is 1. The van der Waals surface area contributed by atoms with Crippen LogP contribution in [0.2, 0.25) is 0 Å². The molecule has 0 saturated carbocycles. The second kappa shape index (κ2) is 5.30. The molecule has 3 heteroatoms. The number of piperidine rings is 1. The van der Waals surface area contributed by atoms with E-state index < -0.39 is 0 Å². The van der Waals surface area contributed by atoms with Crippen LogP contribution in [0.25, 0.3) is 5.70 Å². The summed E-state index contributed by atoms with van der Waals surface area (Å²) in [5, 5.41) is 6.58. The lowest BCUT2D eigenvalue weighted by Crippen LogP contribution is -2.49. The van der Waals surface area contributed by atoms with Crippen LogP contribution in [0.1, 0.15) is 42.9 Å². The van der Waals surface area contributed by atoms with E-state index in [1.165, 1.54) is 22.3 Å². The summed E-state index contributed by atoms with van der Waals surface area (Å²) < 4.78 is 0. The van der Waals surface area contributed by atoms with Gasteiger partial charge >= 0.3 is 0 Å². The molecule has 2 aliphatic heterocycles. The molecule has 21 heavy (non-hydrogen) atoms. The summed E-state index contributed by atoms with van der Waals surface area (Å²) in [6, 6.07) is 6.30. The van der Waals surface area contributed by atoms with E-state index in [1.807, 2.05) is 0 Å². The molecule has 112 valence electrons. The van der Waals surface area contributed by atoms with Crippen molar-refractivity contribution in [3.05, 3.63) is 40.5 Å². The van der Waals surface area contributed by atoms with Gasteiger partial charge in [0.15, 0.2) is 0 Å². The molecule has 0 atom stereocenters. The van der Waals surface area contributed by atoms with Crippen LogP contribution in [0.4, 0.5) is 0 Å². The molecular formula is C18H24N2O. The smallest absolute Gasteiger partial charge is 0.231 e. The van der Waals surface area contributed by atoms with E-state index in [1.54, 1.807) is 0 Å². The van der Waals surface area contributed by atoms with Crippen molar-refractivity contribution in [1.82, 2.24) is 10.6 Å². The topological polar surface area (TPSA) is 41.1 Å². The molecule has 1 aromatic rings. The minimum Gasteiger partial charge on any atom is -0.325 e. The molecular weight excluding hydrogens is 260 g/mol. The molecule has 3 nitrogen and oxygen atoms in total. The first kappa shape index (κ1) is 14.3. The maximum Gasteiger partial charge on any atom is 0.231 e. The number of hydrogen-bond donors (Lipinski definition) is 2. The Kier molecular flexibility index (Phi) is 3.62. The lowest BCUT2D eigenvalue weighted by Gasteiger charge is -2.40. The van der Waals surface area contributed by atoms with Gasteiger partial charge in [-0.25, -0.2) is 0 Å². The number of allylic oxidation sites excluding steroid dienone is 1. The maximum absolute atomic E-state index is 12.7. The second-order valence-electron chi connectivity index (χ2n) is 6.56. The summed E-state index contributed by atoms with van der Waals surface area (Å²) in [7, 11) is 0. The Labute approximate surface area is 126 Å². The van der Waals surface area contributed by atoms with Crippen molar-refractivity contribution in [2.45, 2.75) is 40.0 Å². The highest BCUT2D eigenvalue weighted by Gasteiger charge is 2.43. The predicted octanol–water partition coefficient (Wildman–Crippen LogP) is 2.92. The second-order valence-corrected chi connectivity index (χ2v) is 6.56. The van der Waals surface area contributed by atoms with Crippen LogP contribution in [-0.4, -0.2) is 19.0 Å². The molecule has 1 saturated heterocycles. The van der Waals surface area contributed by atoms with Gasteiger partial charge in [0.2, 0.25) is 5.91 Å². The number of carbonyl (C=O) groups is 1. The summed E-state index contributed by atoms with van der Waals surface area (Å²) in [6.07, 6.45) is 2.77. The molecule has 1 fully saturated rings. The molecule has 0 aliphatic carbocycles. The quantitative estimate of drug-likeness (QED) is 0.832. The number of nitrogens with one attached hydrogen (secondary N) is 2. The van der Waals surface area contributed by atoms with Crippen molar-refractivity contribution in [2.75, 3.05) is 13.1 Å². The summed E-state index contributed by atoms with van der Waals surface area (Å²) in [5.74, 6) is 0.213. The third-order valence-electron chi connectivity index (χ3n) is 5.19. The average molecular weight is 284 g/mol. The zero-order chi connectivity index (χ0) is 15.0. The molecule has 1 aromatic carbocycles. The minimum absolute atomic E-state index is 0.184. The van der Waals surface area contributed by atoms with Gasteiger partial charge in [-0.2, -0.15) is 0 Å². The van der Waals surface area contributed by atoms with E-state index in [0.29, 0.717) is 0 Å². The van der Waals surface area contributed by atoms with Crippen LogP contribution in [0.3, 0.4) is 0 Å². The summed E-state index contributed by atoms with van der Waals surface area (Å²) in [5.41, 5.74) is 5.86. The van der Waals surface area contributed by atoms with E-state index in [4.69, 9.17) is 0 Å². The number of amides is 1. The Hall–Kier alpha value is -1.61. The Balaban J connectivity index is 1.99. The van der Waals surface area contributed by atoms with Crippen LogP contribution in [0, 0.1) is 19.3 Å². The van der Waals surface area contributed by atoms with Crippen LogP contribution >= 0.6 is 0 Å². The van der Waals surface area contributed by atoms with E-state index >= 15 is 0 Å².